The van der Waals surface area contributed by atoms with E-state index in [1.54, 1.807) is 24.3 Å². The highest BCUT2D eigenvalue weighted by Gasteiger charge is 2.21. The summed E-state index contributed by atoms with van der Waals surface area (Å²) < 4.78 is 26.6. The van der Waals surface area contributed by atoms with Crippen molar-refractivity contribution in [2.24, 2.45) is 0 Å². The van der Waals surface area contributed by atoms with Crippen LogP contribution in [0.4, 0.5) is 5.69 Å². The van der Waals surface area contributed by atoms with E-state index in [0.29, 0.717) is 11.3 Å². The van der Waals surface area contributed by atoms with Crippen LogP contribution in [-0.4, -0.2) is 20.6 Å². The van der Waals surface area contributed by atoms with E-state index in [1.165, 1.54) is 10.6 Å². The van der Waals surface area contributed by atoms with E-state index in [2.05, 4.69) is 5.32 Å². The van der Waals surface area contributed by atoms with Crippen LogP contribution in [0.5, 0.6) is 0 Å². The Morgan fingerprint density at radius 3 is 1.97 bits per heavy atom. The first kappa shape index (κ1) is 25.2. The highest BCUT2D eigenvalue weighted by molar-refractivity contribution is 7.92. The van der Waals surface area contributed by atoms with Crippen molar-refractivity contribution in [2.45, 2.75) is 26.4 Å². The molecule has 0 aliphatic rings. The van der Waals surface area contributed by atoms with Crippen molar-refractivity contribution in [3.63, 3.8) is 0 Å². The zero-order valence-corrected chi connectivity index (χ0v) is 21.5. The van der Waals surface area contributed by atoms with Gasteiger partial charge in [0.2, 0.25) is 10.0 Å². The first-order chi connectivity index (χ1) is 17.2. The smallest absolute Gasteiger partial charge is 0.252 e. The fourth-order valence-corrected chi connectivity index (χ4v) is 5.11. The Labute approximate surface area is 213 Å². The molecule has 36 heavy (non-hydrogen) atoms. The van der Waals surface area contributed by atoms with Crippen LogP contribution in [0.3, 0.4) is 0 Å². The highest BCUT2D eigenvalue weighted by atomic mass is 32.2. The van der Waals surface area contributed by atoms with Crippen molar-refractivity contribution in [1.29, 1.82) is 0 Å². The monoisotopic (exact) mass is 498 g/mol. The van der Waals surface area contributed by atoms with Gasteiger partial charge in [-0.3, -0.25) is 9.10 Å². The third-order valence-electron chi connectivity index (χ3n) is 6.30. The van der Waals surface area contributed by atoms with E-state index < -0.39 is 10.0 Å². The number of aryl methyl sites for hydroxylation is 2. The van der Waals surface area contributed by atoms with Gasteiger partial charge in [0.15, 0.2) is 0 Å². The van der Waals surface area contributed by atoms with Gasteiger partial charge < -0.3 is 5.32 Å². The third kappa shape index (κ3) is 5.83. The number of rotatable bonds is 8. The molecule has 4 aromatic rings. The maximum Gasteiger partial charge on any atom is 0.252 e. The standard InChI is InChI=1S/C30H30N2O3S/c1-22-11-7-9-15-26(22)21-32(36(3,34)35)27-19-17-25(18-20-27)30(33)31-29(24-13-5-4-6-14-24)28-16-10-8-12-23(28)2/h4-20,29H,21H2,1-3H3,(H,31,33)/t29-/m1/s1. The highest BCUT2D eigenvalue weighted by Crippen LogP contribution is 2.26. The Morgan fingerprint density at radius 2 is 1.36 bits per heavy atom. The second-order valence-electron chi connectivity index (χ2n) is 8.92. The van der Waals surface area contributed by atoms with Crippen molar-refractivity contribution in [2.75, 3.05) is 10.6 Å². The number of carbonyl (C=O) groups excluding carboxylic acids is 1. The number of nitrogens with zero attached hydrogens (tertiary/aromatic N) is 1. The second-order valence-corrected chi connectivity index (χ2v) is 10.8. The lowest BCUT2D eigenvalue weighted by Crippen LogP contribution is -2.31. The summed E-state index contributed by atoms with van der Waals surface area (Å²) in [6.45, 7) is 4.21. The van der Waals surface area contributed by atoms with Gasteiger partial charge in [-0.15, -0.1) is 0 Å². The van der Waals surface area contributed by atoms with E-state index in [0.717, 1.165) is 27.8 Å². The van der Waals surface area contributed by atoms with Crippen LogP contribution in [0.25, 0.3) is 0 Å². The van der Waals surface area contributed by atoms with Gasteiger partial charge in [-0.2, -0.15) is 0 Å². The fourth-order valence-electron chi connectivity index (χ4n) is 4.23. The van der Waals surface area contributed by atoms with Crippen LogP contribution in [0, 0.1) is 13.8 Å². The molecule has 4 rings (SSSR count). The molecule has 0 aliphatic heterocycles. The minimum atomic E-state index is -3.53. The third-order valence-corrected chi connectivity index (χ3v) is 7.44. The van der Waals surface area contributed by atoms with E-state index in [-0.39, 0.29) is 18.5 Å². The van der Waals surface area contributed by atoms with Gasteiger partial charge in [0.05, 0.1) is 24.5 Å². The van der Waals surface area contributed by atoms with E-state index in [9.17, 15) is 13.2 Å². The van der Waals surface area contributed by atoms with Gasteiger partial charge in [-0.25, -0.2) is 8.42 Å². The molecule has 0 heterocycles. The van der Waals surface area contributed by atoms with Crippen molar-refractivity contribution in [3.8, 4) is 0 Å². The minimum Gasteiger partial charge on any atom is -0.341 e. The van der Waals surface area contributed by atoms with E-state index >= 15 is 0 Å². The van der Waals surface area contributed by atoms with Gasteiger partial charge in [-0.1, -0.05) is 78.9 Å². The Kier molecular flexibility index (Phi) is 7.55. The molecule has 4 aromatic carbocycles. The molecular formula is C30H30N2O3S. The minimum absolute atomic E-state index is 0.223. The zero-order chi connectivity index (χ0) is 25.7. The van der Waals surface area contributed by atoms with Crippen LogP contribution in [0.15, 0.2) is 103 Å². The molecule has 0 spiro atoms. The first-order valence-electron chi connectivity index (χ1n) is 11.8. The first-order valence-corrected chi connectivity index (χ1v) is 13.6. The fraction of sp³-hybridized carbons (Fsp3) is 0.167. The number of carbonyl (C=O) groups is 1. The Morgan fingerprint density at radius 1 is 0.778 bits per heavy atom. The summed E-state index contributed by atoms with van der Waals surface area (Å²) in [5.74, 6) is -0.233. The summed E-state index contributed by atoms with van der Waals surface area (Å²) in [4.78, 5) is 13.3. The maximum absolute atomic E-state index is 13.3. The van der Waals surface area contributed by atoms with Crippen molar-refractivity contribution >= 4 is 21.6 Å². The SMILES string of the molecule is Cc1ccccc1CN(c1ccc(C(=O)N[C@H](c2ccccc2)c2ccccc2C)cc1)S(C)(=O)=O. The molecule has 0 radical (unpaired) electrons. The number of nitrogens with one attached hydrogen (secondary N) is 1. The topological polar surface area (TPSA) is 66.5 Å². The van der Waals surface area contributed by atoms with Crippen LogP contribution in [0.1, 0.15) is 44.2 Å². The Hall–Kier alpha value is -3.90. The van der Waals surface area contributed by atoms with Crippen LogP contribution >= 0.6 is 0 Å². The molecular weight excluding hydrogens is 468 g/mol. The normalized spacial score (nSPS) is 12.1. The lowest BCUT2D eigenvalue weighted by atomic mass is 9.94. The van der Waals surface area contributed by atoms with Crippen molar-refractivity contribution in [3.05, 3.63) is 137 Å². The van der Waals surface area contributed by atoms with E-state index in [4.69, 9.17) is 0 Å². The van der Waals surface area contributed by atoms with Crippen LogP contribution < -0.4 is 9.62 Å². The maximum atomic E-state index is 13.3. The molecule has 184 valence electrons. The molecule has 0 fully saturated rings. The number of amides is 1. The molecule has 5 nitrogen and oxygen atoms in total. The van der Waals surface area contributed by atoms with Gasteiger partial charge in [-0.05, 0) is 65.9 Å². The molecule has 0 unspecified atom stereocenters. The van der Waals surface area contributed by atoms with Gasteiger partial charge in [0.1, 0.15) is 0 Å². The molecule has 1 amide bonds. The quantitative estimate of drug-likeness (QED) is 0.334. The summed E-state index contributed by atoms with van der Waals surface area (Å²) in [7, 11) is -3.53. The zero-order valence-electron chi connectivity index (χ0n) is 20.7. The van der Waals surface area contributed by atoms with E-state index in [1.807, 2.05) is 92.7 Å². The second kappa shape index (κ2) is 10.8. The van der Waals surface area contributed by atoms with Crippen molar-refractivity contribution < 1.29 is 13.2 Å². The number of benzene rings is 4. The van der Waals surface area contributed by atoms with Crippen LogP contribution in [0.2, 0.25) is 0 Å². The molecule has 0 bridgehead atoms. The molecule has 0 saturated heterocycles. The summed E-state index contributed by atoms with van der Waals surface area (Å²) in [6.07, 6.45) is 1.19. The summed E-state index contributed by atoms with van der Waals surface area (Å²) >= 11 is 0. The predicted octanol–water partition coefficient (Wildman–Crippen LogP) is 5.79. The van der Waals surface area contributed by atoms with Gasteiger partial charge in [0, 0.05) is 5.56 Å². The number of hydrogen-bond donors (Lipinski definition) is 1. The number of hydrogen-bond acceptors (Lipinski definition) is 3. The summed E-state index contributed by atoms with van der Waals surface area (Å²) in [5, 5.41) is 3.16. The summed E-state index contributed by atoms with van der Waals surface area (Å²) in [5.41, 5.74) is 6.00. The average molecular weight is 499 g/mol. The number of sulfonamides is 1. The lowest BCUT2D eigenvalue weighted by Gasteiger charge is -2.24. The molecule has 1 N–H and O–H groups in total. The molecule has 6 heteroatoms. The predicted molar refractivity (Wildman–Crippen MR) is 146 cm³/mol. The van der Waals surface area contributed by atoms with Crippen molar-refractivity contribution in [1.82, 2.24) is 5.32 Å². The molecule has 0 aliphatic carbocycles. The largest absolute Gasteiger partial charge is 0.341 e. The van der Waals surface area contributed by atoms with Gasteiger partial charge in [0.25, 0.3) is 5.91 Å². The Bertz CT molecular complexity index is 1450. The van der Waals surface area contributed by atoms with Gasteiger partial charge >= 0.3 is 0 Å². The average Bonchev–Trinajstić information content (AvgIpc) is 2.87. The lowest BCUT2D eigenvalue weighted by molar-refractivity contribution is 0.0943. The summed E-state index contributed by atoms with van der Waals surface area (Å²) in [6, 6.07) is 31.9. The molecule has 1 atom stereocenters. The molecule has 0 aromatic heterocycles. The van der Waals surface area contributed by atoms with Crippen LogP contribution in [-0.2, 0) is 16.6 Å². The molecule has 0 saturated carbocycles. The Balaban J connectivity index is 1.60. The number of anilines is 1.